The van der Waals surface area contributed by atoms with E-state index in [2.05, 4.69) is 35.1 Å². The van der Waals surface area contributed by atoms with Gasteiger partial charge in [0.2, 0.25) is 5.91 Å². The van der Waals surface area contributed by atoms with Crippen molar-refractivity contribution in [1.82, 2.24) is 15.2 Å². The van der Waals surface area contributed by atoms with Crippen LogP contribution in [0.2, 0.25) is 0 Å². The average Bonchev–Trinajstić information content (AvgIpc) is 3.14. The van der Waals surface area contributed by atoms with Crippen molar-refractivity contribution in [2.45, 2.75) is 45.6 Å². The van der Waals surface area contributed by atoms with Gasteiger partial charge in [0.1, 0.15) is 11.6 Å². The quantitative estimate of drug-likeness (QED) is 0.707. The van der Waals surface area contributed by atoms with Crippen molar-refractivity contribution in [2.24, 2.45) is 0 Å². The Morgan fingerprint density at radius 3 is 2.76 bits per heavy atom. The summed E-state index contributed by atoms with van der Waals surface area (Å²) < 4.78 is 32.4. The fourth-order valence-corrected chi connectivity index (χ4v) is 3.33. The van der Waals surface area contributed by atoms with Crippen LogP contribution in [-0.4, -0.2) is 41.5 Å². The lowest BCUT2D eigenvalue weighted by molar-refractivity contribution is -0.122. The third kappa shape index (κ3) is 6.22. The first-order valence-electron chi connectivity index (χ1n) is 9.96. The zero-order chi connectivity index (χ0) is 20.8. The summed E-state index contributed by atoms with van der Waals surface area (Å²) in [6.45, 7) is 7.10. The van der Waals surface area contributed by atoms with Gasteiger partial charge in [0.15, 0.2) is 11.7 Å². The molecule has 1 N–H and O–H groups in total. The second kappa shape index (κ2) is 9.78. The molecule has 29 heavy (non-hydrogen) atoms. The fourth-order valence-electron chi connectivity index (χ4n) is 3.33. The molecule has 0 unspecified atom stereocenters. The molecule has 1 aromatic carbocycles. The van der Waals surface area contributed by atoms with Gasteiger partial charge < -0.3 is 9.73 Å². The van der Waals surface area contributed by atoms with Crippen LogP contribution in [-0.2, 0) is 11.2 Å². The molecule has 1 amide bonds. The molecule has 0 atom stereocenters. The lowest BCUT2D eigenvalue weighted by Crippen LogP contribution is -2.44. The SMILES string of the molecule is CC(C)=CCN1CCC(NC(=O)CCc2ncc(-c3ccc(F)cc3F)o2)CC1. The Morgan fingerprint density at radius 1 is 1.31 bits per heavy atom. The second-order valence-electron chi connectivity index (χ2n) is 7.67. The molecule has 1 saturated heterocycles. The molecule has 1 aliphatic rings. The number of amides is 1. The Balaban J connectivity index is 1.43. The van der Waals surface area contributed by atoms with Crippen LogP contribution in [0.25, 0.3) is 11.3 Å². The number of aromatic nitrogens is 1. The van der Waals surface area contributed by atoms with Gasteiger partial charge in [-0.15, -0.1) is 0 Å². The Bertz CT molecular complexity index is 867. The second-order valence-corrected chi connectivity index (χ2v) is 7.67. The Kier molecular flexibility index (Phi) is 7.14. The van der Waals surface area contributed by atoms with E-state index in [1.54, 1.807) is 0 Å². The van der Waals surface area contributed by atoms with E-state index < -0.39 is 11.6 Å². The Labute approximate surface area is 169 Å². The number of nitrogens with zero attached hydrogens (tertiary/aromatic N) is 2. The topological polar surface area (TPSA) is 58.4 Å². The smallest absolute Gasteiger partial charge is 0.220 e. The summed E-state index contributed by atoms with van der Waals surface area (Å²) >= 11 is 0. The molecule has 2 heterocycles. The van der Waals surface area contributed by atoms with E-state index >= 15 is 0 Å². The number of oxazole rings is 1. The van der Waals surface area contributed by atoms with E-state index in [9.17, 15) is 13.6 Å². The van der Waals surface area contributed by atoms with Crippen LogP contribution in [0.3, 0.4) is 0 Å². The lowest BCUT2D eigenvalue weighted by atomic mass is 10.0. The summed E-state index contributed by atoms with van der Waals surface area (Å²) in [4.78, 5) is 18.7. The minimum absolute atomic E-state index is 0.0412. The van der Waals surface area contributed by atoms with Gasteiger partial charge in [-0.3, -0.25) is 9.69 Å². The van der Waals surface area contributed by atoms with Crippen LogP contribution < -0.4 is 5.32 Å². The van der Waals surface area contributed by atoms with Crippen molar-refractivity contribution >= 4 is 5.91 Å². The summed E-state index contributed by atoms with van der Waals surface area (Å²) in [6, 6.07) is 3.47. The van der Waals surface area contributed by atoms with Gasteiger partial charge in [0.05, 0.1) is 11.8 Å². The molecule has 0 aliphatic carbocycles. The molecule has 7 heteroatoms. The van der Waals surface area contributed by atoms with Crippen molar-refractivity contribution in [2.75, 3.05) is 19.6 Å². The maximum atomic E-state index is 13.8. The predicted molar refractivity (Wildman–Crippen MR) is 107 cm³/mol. The molecule has 0 spiro atoms. The number of likely N-dealkylation sites (tertiary alicyclic amines) is 1. The predicted octanol–water partition coefficient (Wildman–Crippen LogP) is 4.10. The number of hydrogen-bond donors (Lipinski definition) is 1. The first-order chi connectivity index (χ1) is 13.9. The highest BCUT2D eigenvalue weighted by Crippen LogP contribution is 2.24. The maximum Gasteiger partial charge on any atom is 0.220 e. The van der Waals surface area contributed by atoms with Crippen molar-refractivity contribution < 1.29 is 18.0 Å². The first kappa shape index (κ1) is 21.2. The maximum absolute atomic E-state index is 13.8. The number of benzene rings is 1. The number of hydrogen-bond acceptors (Lipinski definition) is 4. The summed E-state index contributed by atoms with van der Waals surface area (Å²) in [7, 11) is 0. The zero-order valence-electron chi connectivity index (χ0n) is 16.9. The number of rotatable bonds is 7. The van der Waals surface area contributed by atoms with Crippen LogP contribution in [0.15, 0.2) is 40.5 Å². The van der Waals surface area contributed by atoms with Crippen LogP contribution in [0, 0.1) is 11.6 Å². The summed E-state index contributed by atoms with van der Waals surface area (Å²) in [5.74, 6) is -0.815. The van der Waals surface area contributed by atoms with Crippen molar-refractivity contribution in [3.05, 3.63) is 53.6 Å². The van der Waals surface area contributed by atoms with Gasteiger partial charge in [-0.25, -0.2) is 13.8 Å². The van der Waals surface area contributed by atoms with Crippen LogP contribution in [0.5, 0.6) is 0 Å². The number of nitrogens with one attached hydrogen (secondary N) is 1. The normalized spacial score (nSPS) is 15.3. The number of carbonyl (C=O) groups excluding carboxylic acids is 1. The van der Waals surface area contributed by atoms with Gasteiger partial charge in [-0.05, 0) is 38.8 Å². The van der Waals surface area contributed by atoms with Crippen LogP contribution >= 0.6 is 0 Å². The third-order valence-corrected chi connectivity index (χ3v) is 5.03. The van der Waals surface area contributed by atoms with Gasteiger partial charge in [-0.1, -0.05) is 11.6 Å². The Morgan fingerprint density at radius 2 is 2.07 bits per heavy atom. The molecule has 2 aromatic rings. The molecular formula is C22H27F2N3O2. The number of aryl methyl sites for hydroxylation is 1. The van der Waals surface area contributed by atoms with Crippen molar-refractivity contribution in [3.63, 3.8) is 0 Å². The van der Waals surface area contributed by atoms with E-state index in [0.717, 1.165) is 38.5 Å². The third-order valence-electron chi connectivity index (χ3n) is 5.03. The number of allylic oxidation sites excluding steroid dienone is 1. The lowest BCUT2D eigenvalue weighted by Gasteiger charge is -2.31. The summed E-state index contributed by atoms with van der Waals surface area (Å²) in [5, 5.41) is 3.08. The van der Waals surface area contributed by atoms with Crippen molar-refractivity contribution in [3.8, 4) is 11.3 Å². The van der Waals surface area contributed by atoms with Gasteiger partial charge in [0.25, 0.3) is 0 Å². The van der Waals surface area contributed by atoms with E-state index in [1.807, 2.05) is 0 Å². The molecule has 3 rings (SSSR count). The molecule has 1 aliphatic heterocycles. The highest BCUT2D eigenvalue weighted by molar-refractivity contribution is 5.76. The minimum Gasteiger partial charge on any atom is -0.441 e. The van der Waals surface area contributed by atoms with E-state index in [4.69, 9.17) is 4.42 Å². The largest absolute Gasteiger partial charge is 0.441 e. The van der Waals surface area contributed by atoms with Crippen LogP contribution in [0.1, 0.15) is 39.0 Å². The number of halogens is 2. The summed E-state index contributed by atoms with van der Waals surface area (Å²) in [5.41, 5.74) is 1.46. The van der Waals surface area contributed by atoms with E-state index in [1.165, 1.54) is 23.9 Å². The van der Waals surface area contributed by atoms with Gasteiger partial charge >= 0.3 is 0 Å². The molecule has 0 bridgehead atoms. The Hall–Kier alpha value is -2.54. The van der Waals surface area contributed by atoms with Crippen LogP contribution in [0.4, 0.5) is 8.78 Å². The van der Waals surface area contributed by atoms with E-state index in [0.29, 0.717) is 12.3 Å². The number of piperidine rings is 1. The highest BCUT2D eigenvalue weighted by Gasteiger charge is 2.20. The average molecular weight is 403 g/mol. The highest BCUT2D eigenvalue weighted by atomic mass is 19.1. The molecule has 0 saturated carbocycles. The molecule has 5 nitrogen and oxygen atoms in total. The zero-order valence-corrected chi connectivity index (χ0v) is 16.9. The summed E-state index contributed by atoms with van der Waals surface area (Å²) in [6.07, 6.45) is 6.08. The molecule has 1 aromatic heterocycles. The number of carbonyl (C=O) groups is 1. The van der Waals surface area contributed by atoms with E-state index in [-0.39, 0.29) is 29.7 Å². The van der Waals surface area contributed by atoms with Crippen molar-refractivity contribution in [1.29, 1.82) is 0 Å². The standard InChI is InChI=1S/C22H27F2N3O2/c1-15(2)7-10-27-11-8-17(9-12-27)26-21(28)5-6-22-25-14-20(29-22)18-4-3-16(23)13-19(18)24/h3-4,7,13-14,17H,5-6,8-12H2,1-2H3,(H,26,28). The van der Waals surface area contributed by atoms with Gasteiger partial charge in [-0.2, -0.15) is 0 Å². The fraction of sp³-hybridized carbons (Fsp3) is 0.455. The monoisotopic (exact) mass is 403 g/mol. The molecule has 0 radical (unpaired) electrons. The first-order valence-corrected chi connectivity index (χ1v) is 9.96. The molecule has 1 fully saturated rings. The molecule has 156 valence electrons. The minimum atomic E-state index is -0.707. The molecular weight excluding hydrogens is 376 g/mol. The van der Waals surface area contributed by atoms with Gasteiger partial charge in [0, 0.05) is 44.6 Å².